The number of carbonyl (C=O) groups is 1. The Hall–Kier alpha value is -3.09. The van der Waals surface area contributed by atoms with Gasteiger partial charge in [0.05, 0.1) is 30.7 Å². The van der Waals surface area contributed by atoms with Crippen molar-refractivity contribution in [2.75, 3.05) is 19.5 Å². The summed E-state index contributed by atoms with van der Waals surface area (Å²) in [4.78, 5) is 21.8. The van der Waals surface area contributed by atoms with Gasteiger partial charge < -0.3 is 14.8 Å². The van der Waals surface area contributed by atoms with Gasteiger partial charge in [-0.1, -0.05) is 25.6 Å². The Morgan fingerprint density at radius 1 is 1.12 bits per heavy atom. The predicted molar refractivity (Wildman–Crippen MR) is 128 cm³/mol. The molecule has 7 nitrogen and oxygen atoms in total. The standard InChI is InChI=1S/C23H24N4O3S2/c1-13(2)17-8-6-16(11-24)22(25-17)32-14(3)21(28)27-23-26-18(12-31-23)15-7-9-19(29-4)20(10-15)30-5/h6-10,12-14H,1-5H3,(H,26,27,28). The van der Waals surface area contributed by atoms with Crippen LogP contribution >= 0.6 is 23.1 Å². The number of thioether (sulfide) groups is 1. The summed E-state index contributed by atoms with van der Waals surface area (Å²) >= 11 is 2.61. The van der Waals surface area contributed by atoms with Gasteiger partial charge in [-0.05, 0) is 43.2 Å². The highest BCUT2D eigenvalue weighted by molar-refractivity contribution is 8.00. The molecule has 1 aromatic carbocycles. The van der Waals surface area contributed by atoms with Gasteiger partial charge in [0.2, 0.25) is 5.91 Å². The minimum Gasteiger partial charge on any atom is -0.493 e. The lowest BCUT2D eigenvalue weighted by Gasteiger charge is -2.13. The number of nitrogens with zero attached hydrogens (tertiary/aromatic N) is 3. The maximum atomic E-state index is 12.8. The Morgan fingerprint density at radius 2 is 1.88 bits per heavy atom. The highest BCUT2D eigenvalue weighted by atomic mass is 32.2. The zero-order chi connectivity index (χ0) is 23.3. The van der Waals surface area contributed by atoms with Crippen LogP contribution in [0.4, 0.5) is 5.13 Å². The molecule has 0 radical (unpaired) electrons. The maximum absolute atomic E-state index is 12.8. The van der Waals surface area contributed by atoms with Gasteiger partial charge >= 0.3 is 0 Å². The first-order valence-electron chi connectivity index (χ1n) is 9.92. The van der Waals surface area contributed by atoms with Crippen LogP contribution in [0.1, 0.15) is 37.9 Å². The van der Waals surface area contributed by atoms with Gasteiger partial charge in [-0.15, -0.1) is 11.3 Å². The molecule has 1 unspecified atom stereocenters. The van der Waals surface area contributed by atoms with Gasteiger partial charge in [-0.3, -0.25) is 4.79 Å². The van der Waals surface area contributed by atoms with Crippen LogP contribution in [0, 0.1) is 11.3 Å². The van der Waals surface area contributed by atoms with E-state index in [-0.39, 0.29) is 11.8 Å². The molecule has 0 fully saturated rings. The summed E-state index contributed by atoms with van der Waals surface area (Å²) in [5.41, 5.74) is 2.93. The molecule has 32 heavy (non-hydrogen) atoms. The average molecular weight is 469 g/mol. The number of thiazole rings is 1. The van der Waals surface area contributed by atoms with Crippen LogP contribution in [0.25, 0.3) is 11.3 Å². The number of rotatable bonds is 8. The molecule has 0 spiro atoms. The minimum absolute atomic E-state index is 0.205. The van der Waals surface area contributed by atoms with E-state index in [0.29, 0.717) is 27.2 Å². The summed E-state index contributed by atoms with van der Waals surface area (Å²) < 4.78 is 10.6. The Labute approximate surface area is 195 Å². The fourth-order valence-corrected chi connectivity index (χ4v) is 4.46. The number of methoxy groups -OCH3 is 2. The van der Waals surface area contributed by atoms with E-state index in [9.17, 15) is 10.1 Å². The third-order valence-corrected chi connectivity index (χ3v) is 6.52. The van der Waals surface area contributed by atoms with Gasteiger partial charge in [0, 0.05) is 16.6 Å². The van der Waals surface area contributed by atoms with E-state index in [1.807, 2.05) is 43.5 Å². The molecular weight excluding hydrogens is 444 g/mol. The first-order valence-corrected chi connectivity index (χ1v) is 11.7. The SMILES string of the molecule is COc1ccc(-c2csc(NC(=O)C(C)Sc3nc(C(C)C)ccc3C#N)n2)cc1OC. The second-order valence-corrected chi connectivity index (χ2v) is 9.40. The summed E-state index contributed by atoms with van der Waals surface area (Å²) in [6.45, 7) is 5.86. The zero-order valence-electron chi connectivity index (χ0n) is 18.5. The number of carbonyl (C=O) groups excluding carboxylic acids is 1. The fourth-order valence-electron chi connectivity index (χ4n) is 2.84. The van der Waals surface area contributed by atoms with Crippen molar-refractivity contribution in [1.82, 2.24) is 9.97 Å². The Balaban J connectivity index is 1.72. The van der Waals surface area contributed by atoms with Crippen LogP contribution in [0.3, 0.4) is 0 Å². The molecule has 3 rings (SSSR count). The Kier molecular flexibility index (Phi) is 7.72. The molecule has 166 valence electrons. The lowest BCUT2D eigenvalue weighted by atomic mass is 10.1. The van der Waals surface area contributed by atoms with E-state index >= 15 is 0 Å². The number of benzene rings is 1. The summed E-state index contributed by atoms with van der Waals surface area (Å²) in [5, 5.41) is 14.7. The maximum Gasteiger partial charge on any atom is 0.239 e. The summed E-state index contributed by atoms with van der Waals surface area (Å²) in [5.74, 6) is 1.27. The molecule has 2 heterocycles. The average Bonchev–Trinajstić information content (AvgIpc) is 3.26. The molecular formula is C23H24N4O3S2. The van der Waals surface area contributed by atoms with Crippen molar-refractivity contribution < 1.29 is 14.3 Å². The number of aromatic nitrogens is 2. The van der Waals surface area contributed by atoms with Gasteiger partial charge in [0.15, 0.2) is 16.6 Å². The summed E-state index contributed by atoms with van der Waals surface area (Å²) in [6.07, 6.45) is 0. The van der Waals surface area contributed by atoms with E-state index in [2.05, 4.69) is 21.4 Å². The second-order valence-electron chi connectivity index (χ2n) is 7.21. The second kappa shape index (κ2) is 10.5. The lowest BCUT2D eigenvalue weighted by Crippen LogP contribution is -2.22. The smallest absolute Gasteiger partial charge is 0.239 e. The minimum atomic E-state index is -0.453. The van der Waals surface area contributed by atoms with Gasteiger partial charge in [0.1, 0.15) is 11.1 Å². The highest BCUT2D eigenvalue weighted by Gasteiger charge is 2.20. The van der Waals surface area contributed by atoms with E-state index in [1.54, 1.807) is 27.2 Å². The van der Waals surface area contributed by atoms with Crippen molar-refractivity contribution in [3.63, 3.8) is 0 Å². The summed E-state index contributed by atoms with van der Waals surface area (Å²) in [6, 6.07) is 11.3. The number of nitrogens with one attached hydrogen (secondary N) is 1. The van der Waals surface area contributed by atoms with Crippen LogP contribution in [-0.4, -0.2) is 35.3 Å². The van der Waals surface area contributed by atoms with E-state index in [0.717, 1.165) is 17.0 Å². The van der Waals surface area contributed by atoms with Crippen molar-refractivity contribution in [3.05, 3.63) is 47.0 Å². The number of nitriles is 1. The molecule has 0 aliphatic rings. The monoisotopic (exact) mass is 468 g/mol. The molecule has 0 bridgehead atoms. The van der Waals surface area contributed by atoms with E-state index < -0.39 is 5.25 Å². The largest absolute Gasteiger partial charge is 0.493 e. The van der Waals surface area contributed by atoms with Crippen molar-refractivity contribution in [3.8, 4) is 28.8 Å². The molecule has 0 saturated carbocycles. The fraction of sp³-hybridized carbons (Fsp3) is 0.304. The van der Waals surface area contributed by atoms with Gasteiger partial charge in [0.25, 0.3) is 0 Å². The molecule has 9 heteroatoms. The molecule has 3 aromatic rings. The van der Waals surface area contributed by atoms with Crippen LogP contribution in [0.2, 0.25) is 0 Å². The first-order chi connectivity index (χ1) is 15.4. The Morgan fingerprint density at radius 3 is 2.53 bits per heavy atom. The van der Waals surface area contributed by atoms with E-state index in [4.69, 9.17) is 9.47 Å². The number of hydrogen-bond donors (Lipinski definition) is 1. The highest BCUT2D eigenvalue weighted by Crippen LogP contribution is 2.34. The Bertz CT molecular complexity index is 1150. The van der Waals surface area contributed by atoms with Crippen LogP contribution in [0.15, 0.2) is 40.7 Å². The third-order valence-electron chi connectivity index (χ3n) is 4.67. The number of hydrogen-bond acceptors (Lipinski definition) is 8. The molecule has 0 aliphatic heterocycles. The van der Waals surface area contributed by atoms with Crippen molar-refractivity contribution in [2.24, 2.45) is 0 Å². The van der Waals surface area contributed by atoms with Crippen molar-refractivity contribution in [1.29, 1.82) is 5.26 Å². The van der Waals surface area contributed by atoms with Crippen molar-refractivity contribution >= 4 is 34.1 Å². The van der Waals surface area contributed by atoms with Gasteiger partial charge in [-0.2, -0.15) is 5.26 Å². The molecule has 2 aromatic heterocycles. The number of amides is 1. The normalized spacial score (nSPS) is 11.7. The first kappa shape index (κ1) is 23.6. The number of ether oxygens (including phenoxy) is 2. The third kappa shape index (κ3) is 5.39. The topological polar surface area (TPSA) is 97.1 Å². The zero-order valence-corrected chi connectivity index (χ0v) is 20.1. The molecule has 1 N–H and O–H groups in total. The number of anilines is 1. The number of pyridine rings is 1. The predicted octanol–water partition coefficient (Wildman–Crippen LogP) is 5.34. The molecule has 1 amide bonds. The lowest BCUT2D eigenvalue weighted by molar-refractivity contribution is -0.115. The summed E-state index contributed by atoms with van der Waals surface area (Å²) in [7, 11) is 3.16. The van der Waals surface area contributed by atoms with Crippen molar-refractivity contribution in [2.45, 2.75) is 37.0 Å². The van der Waals surface area contributed by atoms with Gasteiger partial charge in [-0.25, -0.2) is 9.97 Å². The molecule has 0 saturated heterocycles. The van der Waals surface area contributed by atoms with E-state index in [1.165, 1.54) is 23.1 Å². The van der Waals surface area contributed by atoms with Crippen LogP contribution in [-0.2, 0) is 4.79 Å². The molecule has 0 aliphatic carbocycles. The van der Waals surface area contributed by atoms with Crippen LogP contribution in [0.5, 0.6) is 11.5 Å². The quantitative estimate of drug-likeness (QED) is 0.446. The molecule has 1 atom stereocenters. The van der Waals surface area contributed by atoms with Crippen LogP contribution < -0.4 is 14.8 Å².